The summed E-state index contributed by atoms with van der Waals surface area (Å²) in [6.07, 6.45) is 0.556. The van der Waals surface area contributed by atoms with Gasteiger partial charge in [-0.05, 0) is 31.5 Å². The smallest absolute Gasteiger partial charge is 0.244 e. The van der Waals surface area contributed by atoms with Crippen molar-refractivity contribution in [3.05, 3.63) is 23.2 Å². The number of sulfonamides is 1. The molecule has 0 saturated carbocycles. The summed E-state index contributed by atoms with van der Waals surface area (Å²) >= 11 is 5.99. The number of rotatable bonds is 2. The number of hydrogen-bond acceptors (Lipinski definition) is 4. The zero-order valence-corrected chi connectivity index (χ0v) is 12.2. The van der Waals surface area contributed by atoms with Gasteiger partial charge in [-0.2, -0.15) is 4.31 Å². The Labute approximate surface area is 118 Å². The van der Waals surface area contributed by atoms with Gasteiger partial charge in [0.15, 0.2) is 0 Å². The number of nitrogen functional groups attached to an aromatic ring is 1. The zero-order chi connectivity index (χ0) is 14.0. The van der Waals surface area contributed by atoms with Crippen LogP contribution in [0.5, 0.6) is 0 Å². The highest BCUT2D eigenvalue weighted by Crippen LogP contribution is 2.27. The molecule has 2 rings (SSSR count). The maximum Gasteiger partial charge on any atom is 0.244 e. The van der Waals surface area contributed by atoms with E-state index in [0.29, 0.717) is 31.8 Å². The van der Waals surface area contributed by atoms with Gasteiger partial charge in [-0.25, -0.2) is 8.42 Å². The van der Waals surface area contributed by atoms with E-state index in [2.05, 4.69) is 0 Å². The van der Waals surface area contributed by atoms with Gasteiger partial charge in [-0.15, -0.1) is 0 Å². The standard InChI is InChI=1S/C12H17ClN2O3S/c1-9-8-15(5-2-6-18-9)19(16,17)12-4-3-10(14)7-11(12)13/h3-4,7,9H,2,5-6,8,14H2,1H3. The van der Waals surface area contributed by atoms with E-state index < -0.39 is 10.0 Å². The molecule has 0 radical (unpaired) electrons. The van der Waals surface area contributed by atoms with Crippen molar-refractivity contribution in [3.63, 3.8) is 0 Å². The molecule has 106 valence electrons. The monoisotopic (exact) mass is 304 g/mol. The van der Waals surface area contributed by atoms with E-state index in [1.54, 1.807) is 0 Å². The summed E-state index contributed by atoms with van der Waals surface area (Å²) in [5, 5.41) is 0.151. The second-order valence-corrected chi connectivity index (χ2v) is 6.90. The van der Waals surface area contributed by atoms with Crippen molar-refractivity contribution in [2.45, 2.75) is 24.3 Å². The van der Waals surface area contributed by atoms with Crippen LogP contribution in [0.25, 0.3) is 0 Å². The third kappa shape index (κ3) is 3.20. The first-order chi connectivity index (χ1) is 8.91. The molecule has 2 N–H and O–H groups in total. The fraction of sp³-hybridized carbons (Fsp3) is 0.500. The van der Waals surface area contributed by atoms with Crippen LogP contribution in [0.1, 0.15) is 13.3 Å². The van der Waals surface area contributed by atoms with Crippen LogP contribution in [0.4, 0.5) is 5.69 Å². The van der Waals surface area contributed by atoms with Crippen molar-refractivity contribution in [2.24, 2.45) is 0 Å². The molecule has 1 atom stereocenters. The summed E-state index contributed by atoms with van der Waals surface area (Å²) in [6, 6.07) is 4.44. The maximum absolute atomic E-state index is 12.6. The van der Waals surface area contributed by atoms with Crippen LogP contribution in [0.15, 0.2) is 23.1 Å². The van der Waals surface area contributed by atoms with Gasteiger partial charge in [-0.1, -0.05) is 11.6 Å². The normalized spacial score (nSPS) is 22.1. The van der Waals surface area contributed by atoms with Crippen LogP contribution in [0, 0.1) is 0 Å². The van der Waals surface area contributed by atoms with Crippen molar-refractivity contribution in [3.8, 4) is 0 Å². The lowest BCUT2D eigenvalue weighted by Gasteiger charge is -2.22. The second-order valence-electron chi connectivity index (χ2n) is 4.59. The highest BCUT2D eigenvalue weighted by molar-refractivity contribution is 7.89. The number of ether oxygens (including phenoxy) is 1. The first-order valence-corrected chi connectivity index (χ1v) is 7.90. The molecule has 0 bridgehead atoms. The molecule has 0 amide bonds. The van der Waals surface area contributed by atoms with Gasteiger partial charge in [0.05, 0.1) is 11.1 Å². The summed E-state index contributed by atoms with van der Waals surface area (Å²) < 4.78 is 32.0. The predicted molar refractivity (Wildman–Crippen MR) is 74.7 cm³/mol. The summed E-state index contributed by atoms with van der Waals surface area (Å²) in [5.74, 6) is 0. The van der Waals surface area contributed by atoms with Crippen LogP contribution in [0.3, 0.4) is 0 Å². The fourth-order valence-electron chi connectivity index (χ4n) is 2.04. The van der Waals surface area contributed by atoms with Gasteiger partial charge in [0.2, 0.25) is 10.0 Å². The third-order valence-electron chi connectivity index (χ3n) is 2.99. The minimum Gasteiger partial charge on any atom is -0.399 e. The highest BCUT2D eigenvalue weighted by atomic mass is 35.5. The van der Waals surface area contributed by atoms with Crippen LogP contribution in [-0.4, -0.2) is 38.5 Å². The van der Waals surface area contributed by atoms with Crippen molar-refractivity contribution < 1.29 is 13.2 Å². The SMILES string of the molecule is CC1CN(S(=O)(=O)c2ccc(N)cc2Cl)CCCO1. The van der Waals surface area contributed by atoms with Crippen molar-refractivity contribution in [1.82, 2.24) is 4.31 Å². The van der Waals surface area contributed by atoms with Gasteiger partial charge >= 0.3 is 0 Å². The first-order valence-electron chi connectivity index (χ1n) is 6.08. The molecule has 0 spiro atoms. The van der Waals surface area contributed by atoms with Crippen molar-refractivity contribution in [2.75, 3.05) is 25.4 Å². The van der Waals surface area contributed by atoms with Gasteiger partial charge in [0.1, 0.15) is 4.90 Å². The summed E-state index contributed by atoms with van der Waals surface area (Å²) in [6.45, 7) is 3.21. The lowest BCUT2D eigenvalue weighted by Crippen LogP contribution is -2.36. The average molecular weight is 305 g/mol. The van der Waals surface area contributed by atoms with Gasteiger partial charge < -0.3 is 10.5 Å². The Hall–Kier alpha value is -0.820. The van der Waals surface area contributed by atoms with Gasteiger partial charge in [0, 0.05) is 25.4 Å². The number of anilines is 1. The molecular weight excluding hydrogens is 288 g/mol. The molecule has 5 nitrogen and oxygen atoms in total. The summed E-state index contributed by atoms with van der Waals surface area (Å²) in [4.78, 5) is 0.0949. The average Bonchev–Trinajstić information content (AvgIpc) is 2.53. The van der Waals surface area contributed by atoms with Gasteiger partial charge in [-0.3, -0.25) is 0 Å². The Balaban J connectivity index is 2.35. The summed E-state index contributed by atoms with van der Waals surface area (Å²) in [5.41, 5.74) is 6.02. The molecule has 1 aromatic carbocycles. The topological polar surface area (TPSA) is 72.6 Å². The minimum atomic E-state index is -3.60. The van der Waals surface area contributed by atoms with Crippen LogP contribution in [0.2, 0.25) is 5.02 Å². The Morgan fingerprint density at radius 3 is 2.89 bits per heavy atom. The Morgan fingerprint density at radius 2 is 2.21 bits per heavy atom. The van der Waals surface area contributed by atoms with Crippen LogP contribution in [-0.2, 0) is 14.8 Å². The molecule has 19 heavy (non-hydrogen) atoms. The van der Waals surface area contributed by atoms with Crippen LogP contribution >= 0.6 is 11.6 Å². The van der Waals surface area contributed by atoms with E-state index in [1.165, 1.54) is 22.5 Å². The minimum absolute atomic E-state index is 0.0949. The molecule has 0 aliphatic carbocycles. The van der Waals surface area contributed by atoms with E-state index >= 15 is 0 Å². The van der Waals surface area contributed by atoms with Crippen LogP contribution < -0.4 is 5.73 Å². The molecule has 1 aliphatic rings. The van der Waals surface area contributed by atoms with E-state index in [9.17, 15) is 8.42 Å². The molecule has 7 heteroatoms. The van der Waals surface area contributed by atoms with Crippen molar-refractivity contribution >= 4 is 27.3 Å². The van der Waals surface area contributed by atoms with E-state index in [-0.39, 0.29) is 16.0 Å². The highest BCUT2D eigenvalue weighted by Gasteiger charge is 2.29. The predicted octanol–water partition coefficient (Wildman–Crippen LogP) is 1.72. The Bertz CT molecular complexity index is 562. The summed E-state index contributed by atoms with van der Waals surface area (Å²) in [7, 11) is -3.60. The number of benzene rings is 1. The lowest BCUT2D eigenvalue weighted by molar-refractivity contribution is 0.0752. The van der Waals surface area contributed by atoms with E-state index in [1.807, 2.05) is 6.92 Å². The number of nitrogens with zero attached hydrogens (tertiary/aromatic N) is 1. The molecular formula is C12H17ClN2O3S. The van der Waals surface area contributed by atoms with Crippen molar-refractivity contribution in [1.29, 1.82) is 0 Å². The molecule has 1 aromatic rings. The quantitative estimate of drug-likeness (QED) is 0.844. The lowest BCUT2D eigenvalue weighted by atomic mass is 10.3. The molecule has 1 unspecified atom stereocenters. The Morgan fingerprint density at radius 1 is 1.47 bits per heavy atom. The molecule has 1 fully saturated rings. The molecule has 0 aromatic heterocycles. The Kier molecular flexibility index (Phi) is 4.35. The molecule has 1 saturated heterocycles. The first kappa shape index (κ1) is 14.6. The van der Waals surface area contributed by atoms with E-state index in [0.717, 1.165) is 0 Å². The molecule has 1 aliphatic heterocycles. The second kappa shape index (κ2) is 5.66. The van der Waals surface area contributed by atoms with E-state index in [4.69, 9.17) is 22.1 Å². The largest absolute Gasteiger partial charge is 0.399 e. The number of nitrogens with two attached hydrogens (primary N) is 1. The number of halogens is 1. The zero-order valence-electron chi connectivity index (χ0n) is 10.7. The molecule has 1 heterocycles. The maximum atomic E-state index is 12.6. The fourth-order valence-corrected chi connectivity index (χ4v) is 4.12. The third-order valence-corrected chi connectivity index (χ3v) is 5.34. The van der Waals surface area contributed by atoms with Gasteiger partial charge in [0.25, 0.3) is 0 Å². The number of hydrogen-bond donors (Lipinski definition) is 1.